The highest BCUT2D eigenvalue weighted by atomic mass is 79.9. The van der Waals surface area contributed by atoms with Crippen LogP contribution in [0.1, 0.15) is 29.2 Å². The minimum atomic E-state index is -0.801. The van der Waals surface area contributed by atoms with Crippen LogP contribution in [0.4, 0.5) is 10.5 Å². The van der Waals surface area contributed by atoms with Gasteiger partial charge in [-0.2, -0.15) is 0 Å². The molecule has 0 radical (unpaired) electrons. The van der Waals surface area contributed by atoms with Crippen molar-refractivity contribution in [2.24, 2.45) is 0 Å². The fourth-order valence-corrected chi connectivity index (χ4v) is 4.89. The molecule has 3 aromatic carbocycles. The van der Waals surface area contributed by atoms with Gasteiger partial charge in [0.1, 0.15) is 12.2 Å². The van der Waals surface area contributed by atoms with Gasteiger partial charge in [-0.3, -0.25) is 14.9 Å². The summed E-state index contributed by atoms with van der Waals surface area (Å²) >= 11 is 15.6. The normalized spacial score (nSPS) is 14.6. The molecule has 1 saturated heterocycles. The van der Waals surface area contributed by atoms with Crippen LogP contribution >= 0.6 is 39.1 Å². The molecule has 4 amide bonds. The summed E-state index contributed by atoms with van der Waals surface area (Å²) in [5.74, 6) is -0.668. The van der Waals surface area contributed by atoms with Crippen LogP contribution in [0, 0.1) is 13.8 Å². The molecule has 0 unspecified atom stereocenters. The van der Waals surface area contributed by atoms with Gasteiger partial charge >= 0.3 is 6.03 Å². The number of benzene rings is 3. The fourth-order valence-electron chi connectivity index (χ4n) is 4.00. The summed E-state index contributed by atoms with van der Waals surface area (Å²) in [6, 6.07) is 13.1. The van der Waals surface area contributed by atoms with Crippen molar-refractivity contribution in [3.05, 3.63) is 90.9 Å². The monoisotopic (exact) mass is 616 g/mol. The van der Waals surface area contributed by atoms with Crippen molar-refractivity contribution in [3.63, 3.8) is 0 Å². The Morgan fingerprint density at radius 3 is 2.32 bits per heavy atom. The lowest BCUT2D eigenvalue weighted by Gasteiger charge is -2.27. The average molecular weight is 618 g/mol. The number of aryl methyl sites for hydroxylation is 2. The molecule has 1 fully saturated rings. The van der Waals surface area contributed by atoms with Gasteiger partial charge in [-0.25, -0.2) is 9.69 Å². The molecular weight excluding hydrogens is 595 g/mol. The maximum atomic E-state index is 13.3. The van der Waals surface area contributed by atoms with Crippen LogP contribution in [-0.2, 0) is 16.2 Å². The Morgan fingerprint density at radius 1 is 0.947 bits per heavy atom. The van der Waals surface area contributed by atoms with E-state index in [0.29, 0.717) is 43.9 Å². The molecule has 1 aliphatic heterocycles. The number of ether oxygens (including phenoxy) is 2. The average Bonchev–Trinajstić information content (AvgIpc) is 2.83. The van der Waals surface area contributed by atoms with E-state index in [4.69, 9.17) is 32.7 Å². The van der Waals surface area contributed by atoms with Crippen molar-refractivity contribution in [3.8, 4) is 11.5 Å². The highest BCUT2D eigenvalue weighted by Crippen LogP contribution is 2.38. The number of carbonyl (C=O) groups is 3. The molecule has 1 aliphatic rings. The summed E-state index contributed by atoms with van der Waals surface area (Å²) in [6.45, 7) is 6.10. The van der Waals surface area contributed by atoms with Crippen LogP contribution in [0.2, 0.25) is 10.0 Å². The van der Waals surface area contributed by atoms with E-state index in [1.165, 1.54) is 6.08 Å². The number of anilines is 1. The van der Waals surface area contributed by atoms with Gasteiger partial charge in [-0.15, -0.1) is 0 Å². The summed E-state index contributed by atoms with van der Waals surface area (Å²) in [5, 5.41) is 3.12. The number of nitrogens with one attached hydrogen (secondary N) is 1. The molecule has 4 rings (SSSR count). The molecule has 0 aromatic heterocycles. The van der Waals surface area contributed by atoms with E-state index in [1.807, 2.05) is 26.8 Å². The first-order chi connectivity index (χ1) is 18.1. The Kier molecular flexibility index (Phi) is 8.45. The largest absolute Gasteiger partial charge is 0.490 e. The van der Waals surface area contributed by atoms with E-state index >= 15 is 0 Å². The van der Waals surface area contributed by atoms with Gasteiger partial charge in [0.05, 0.1) is 26.8 Å². The van der Waals surface area contributed by atoms with Gasteiger partial charge in [0.25, 0.3) is 11.8 Å². The van der Waals surface area contributed by atoms with Crippen molar-refractivity contribution in [2.75, 3.05) is 11.5 Å². The highest BCUT2D eigenvalue weighted by molar-refractivity contribution is 9.10. The van der Waals surface area contributed by atoms with Crippen LogP contribution in [0.15, 0.2) is 58.6 Å². The third-order valence-corrected chi connectivity index (χ3v) is 6.90. The Morgan fingerprint density at radius 2 is 1.66 bits per heavy atom. The van der Waals surface area contributed by atoms with Crippen molar-refractivity contribution in [1.82, 2.24) is 5.32 Å². The number of barbiturate groups is 1. The van der Waals surface area contributed by atoms with Crippen LogP contribution in [0.5, 0.6) is 11.5 Å². The number of amides is 4. The maximum Gasteiger partial charge on any atom is 0.335 e. The minimum Gasteiger partial charge on any atom is -0.490 e. The second-order valence-electron chi connectivity index (χ2n) is 8.60. The first-order valence-corrected chi connectivity index (χ1v) is 13.1. The second-order valence-corrected chi connectivity index (χ2v) is 10.3. The number of rotatable bonds is 7. The standard InChI is InChI=1S/C28H23BrCl2N2O5/c1-4-37-24-13-18(11-21(29)25(24)38-14-17-5-6-22(30)23(31)12-17)10-20-26(34)32-28(36)33(27(20)35)19-8-15(2)7-16(3)9-19/h5-13H,4,14H2,1-3H3,(H,32,34,36)/b20-10+. The maximum absolute atomic E-state index is 13.3. The number of nitrogens with zero attached hydrogens (tertiary/aromatic N) is 1. The third-order valence-electron chi connectivity index (χ3n) is 5.58. The summed E-state index contributed by atoms with van der Waals surface area (Å²) in [6.07, 6.45) is 1.41. The van der Waals surface area contributed by atoms with E-state index in [1.54, 1.807) is 42.5 Å². The molecule has 0 spiro atoms. The molecule has 196 valence electrons. The van der Waals surface area contributed by atoms with E-state index in [0.717, 1.165) is 21.6 Å². The molecular formula is C28H23BrCl2N2O5. The molecule has 0 aliphatic carbocycles. The van der Waals surface area contributed by atoms with E-state index in [-0.39, 0.29) is 12.2 Å². The minimum absolute atomic E-state index is 0.192. The van der Waals surface area contributed by atoms with Gasteiger partial charge < -0.3 is 9.47 Å². The van der Waals surface area contributed by atoms with Gasteiger partial charge in [0.15, 0.2) is 11.5 Å². The number of urea groups is 1. The molecule has 1 N–H and O–H groups in total. The molecule has 0 bridgehead atoms. The van der Waals surface area contributed by atoms with Crippen molar-refractivity contribution in [1.29, 1.82) is 0 Å². The van der Waals surface area contributed by atoms with E-state index in [2.05, 4.69) is 21.2 Å². The Labute approximate surface area is 238 Å². The number of hydrogen-bond donors (Lipinski definition) is 1. The zero-order chi connectivity index (χ0) is 27.6. The van der Waals surface area contributed by atoms with Gasteiger partial charge in [0, 0.05) is 0 Å². The van der Waals surface area contributed by atoms with E-state index in [9.17, 15) is 14.4 Å². The van der Waals surface area contributed by atoms with Gasteiger partial charge in [0.2, 0.25) is 0 Å². The Balaban J connectivity index is 1.67. The predicted molar refractivity (Wildman–Crippen MR) is 151 cm³/mol. The van der Waals surface area contributed by atoms with Crippen LogP contribution in [0.25, 0.3) is 6.08 Å². The van der Waals surface area contributed by atoms with Gasteiger partial charge in [-0.1, -0.05) is 35.3 Å². The lowest BCUT2D eigenvalue weighted by molar-refractivity contribution is -0.122. The first kappa shape index (κ1) is 27.7. The van der Waals surface area contributed by atoms with Crippen molar-refractivity contribution in [2.45, 2.75) is 27.4 Å². The summed E-state index contributed by atoms with van der Waals surface area (Å²) in [5.41, 5.74) is 3.25. The SMILES string of the molecule is CCOc1cc(/C=C2\C(=O)NC(=O)N(c3cc(C)cc(C)c3)C2=O)cc(Br)c1OCc1ccc(Cl)c(Cl)c1. The quantitative estimate of drug-likeness (QED) is 0.228. The molecule has 0 saturated carbocycles. The van der Waals surface area contributed by atoms with Crippen molar-refractivity contribution < 1.29 is 23.9 Å². The topological polar surface area (TPSA) is 84.9 Å². The van der Waals surface area contributed by atoms with Crippen LogP contribution < -0.4 is 19.7 Å². The lowest BCUT2D eigenvalue weighted by Crippen LogP contribution is -2.54. The Hall–Kier alpha value is -3.33. The van der Waals surface area contributed by atoms with Crippen LogP contribution in [0.3, 0.4) is 0 Å². The number of halogens is 3. The fraction of sp³-hybridized carbons (Fsp3) is 0.179. The Bertz CT molecular complexity index is 1470. The van der Waals surface area contributed by atoms with E-state index < -0.39 is 17.8 Å². The third kappa shape index (κ3) is 6.04. The summed E-state index contributed by atoms with van der Waals surface area (Å²) in [7, 11) is 0. The van der Waals surface area contributed by atoms with Crippen molar-refractivity contribution >= 4 is 68.7 Å². The molecule has 3 aromatic rings. The lowest BCUT2D eigenvalue weighted by atomic mass is 10.0. The molecule has 10 heteroatoms. The molecule has 38 heavy (non-hydrogen) atoms. The number of imide groups is 2. The molecule has 0 atom stereocenters. The highest BCUT2D eigenvalue weighted by Gasteiger charge is 2.37. The molecule has 7 nitrogen and oxygen atoms in total. The number of hydrogen-bond acceptors (Lipinski definition) is 5. The molecule has 1 heterocycles. The second kappa shape index (κ2) is 11.6. The summed E-state index contributed by atoms with van der Waals surface area (Å²) in [4.78, 5) is 39.6. The zero-order valence-corrected chi connectivity index (χ0v) is 23.8. The number of carbonyl (C=O) groups excluding carboxylic acids is 3. The zero-order valence-electron chi connectivity index (χ0n) is 20.7. The predicted octanol–water partition coefficient (Wildman–Crippen LogP) is 7.02. The first-order valence-electron chi connectivity index (χ1n) is 11.6. The van der Waals surface area contributed by atoms with Gasteiger partial charge in [-0.05, 0) is 101 Å². The smallest absolute Gasteiger partial charge is 0.335 e. The summed E-state index contributed by atoms with van der Waals surface area (Å²) < 4.78 is 12.3. The van der Waals surface area contributed by atoms with Crippen LogP contribution in [-0.4, -0.2) is 24.5 Å².